The largest absolute Gasteiger partial charge is 0.546 e. The molecule has 2 aromatic carbocycles. The molecule has 0 spiro atoms. The summed E-state index contributed by atoms with van der Waals surface area (Å²) in [6.07, 6.45) is 0. The molecular formula is C14H16O2P+. The van der Waals surface area contributed by atoms with Crippen LogP contribution in [0.15, 0.2) is 54.6 Å². The molecule has 2 aromatic rings. The van der Waals surface area contributed by atoms with E-state index in [-0.39, 0.29) is 0 Å². The zero-order chi connectivity index (χ0) is 12.7. The van der Waals surface area contributed by atoms with Crippen LogP contribution in [-0.4, -0.2) is 4.89 Å². The molecule has 2 nitrogen and oxygen atoms in total. The maximum Gasteiger partial charge on any atom is 0.546 e. The molecule has 0 bridgehead atoms. The van der Waals surface area contributed by atoms with Gasteiger partial charge < -0.3 is 0 Å². The molecular weight excluding hydrogens is 231 g/mol. The average Bonchev–Trinajstić information content (AvgIpc) is 2.31. The van der Waals surface area contributed by atoms with E-state index in [4.69, 9.17) is 4.89 Å². The van der Waals surface area contributed by atoms with Crippen molar-refractivity contribution in [3.05, 3.63) is 65.7 Å². The summed E-state index contributed by atoms with van der Waals surface area (Å²) in [6, 6.07) is 17.2. The summed E-state index contributed by atoms with van der Waals surface area (Å²) in [4.78, 5) is 8.62. The van der Waals surface area contributed by atoms with Crippen LogP contribution in [0, 0.1) is 13.8 Å². The lowest BCUT2D eigenvalue weighted by molar-refractivity contribution is 0.513. The highest BCUT2D eigenvalue weighted by Gasteiger charge is 2.13. The predicted octanol–water partition coefficient (Wildman–Crippen LogP) is 3.35. The summed E-state index contributed by atoms with van der Waals surface area (Å²) in [5.41, 5.74) is 2.42. The number of hydrogen-bond acceptors (Lipinski definition) is 1. The van der Waals surface area contributed by atoms with Gasteiger partial charge in [-0.2, -0.15) is 4.89 Å². The van der Waals surface area contributed by atoms with Gasteiger partial charge in [-0.05, 0) is 30.5 Å². The maximum atomic E-state index is 10.5. The Bertz CT molecular complexity index is 463. The molecule has 3 heteroatoms. The summed E-state index contributed by atoms with van der Waals surface area (Å²) >= 11 is 0. The van der Waals surface area contributed by atoms with Crippen LogP contribution in [0.3, 0.4) is 0 Å². The number of aryl methyl sites for hydroxylation is 2. The Morgan fingerprint density at radius 3 is 1.65 bits per heavy atom. The van der Waals surface area contributed by atoms with Crippen LogP contribution in [0.2, 0.25) is 0 Å². The van der Waals surface area contributed by atoms with E-state index in [0.717, 1.165) is 5.56 Å². The van der Waals surface area contributed by atoms with Crippen molar-refractivity contribution in [1.82, 2.24) is 0 Å². The lowest BCUT2D eigenvalue weighted by Crippen LogP contribution is -1.93. The molecule has 0 amide bonds. The van der Waals surface area contributed by atoms with Crippen molar-refractivity contribution in [3.63, 3.8) is 0 Å². The fraction of sp³-hybridized carbons (Fsp3) is 0.143. The van der Waals surface area contributed by atoms with E-state index in [0.29, 0.717) is 5.30 Å². The van der Waals surface area contributed by atoms with Gasteiger partial charge in [-0.25, -0.2) is 0 Å². The van der Waals surface area contributed by atoms with Crippen molar-refractivity contribution in [3.8, 4) is 0 Å². The maximum absolute atomic E-state index is 10.5. The fourth-order valence-electron chi connectivity index (χ4n) is 1.21. The van der Waals surface area contributed by atoms with Crippen molar-refractivity contribution in [1.29, 1.82) is 0 Å². The second-order valence-corrected chi connectivity index (χ2v) is 4.83. The third kappa shape index (κ3) is 5.39. The Kier molecular flexibility index (Phi) is 5.55. The van der Waals surface area contributed by atoms with Crippen LogP contribution in [0.1, 0.15) is 11.1 Å². The molecule has 0 aliphatic rings. The Morgan fingerprint density at radius 2 is 1.29 bits per heavy atom. The fourth-order valence-corrected chi connectivity index (χ4v) is 1.61. The summed E-state index contributed by atoms with van der Waals surface area (Å²) in [6.45, 7) is 4.02. The van der Waals surface area contributed by atoms with E-state index in [1.165, 1.54) is 5.56 Å². The second kappa shape index (κ2) is 6.95. The molecule has 0 fully saturated rings. The summed E-state index contributed by atoms with van der Waals surface area (Å²) in [7, 11) is -2.16. The number of hydrogen-bond donors (Lipinski definition) is 1. The highest BCUT2D eigenvalue weighted by molar-refractivity contribution is 7.47. The van der Waals surface area contributed by atoms with Gasteiger partial charge in [0.05, 0.1) is 0 Å². The molecule has 1 N–H and O–H groups in total. The molecule has 1 unspecified atom stereocenters. The third-order valence-corrected chi connectivity index (χ3v) is 2.94. The first-order valence-corrected chi connectivity index (χ1v) is 6.55. The minimum Gasteiger partial charge on any atom is -0.156 e. The van der Waals surface area contributed by atoms with Crippen LogP contribution in [0.4, 0.5) is 0 Å². The Morgan fingerprint density at radius 1 is 0.824 bits per heavy atom. The zero-order valence-electron chi connectivity index (χ0n) is 10.00. The van der Waals surface area contributed by atoms with Crippen LogP contribution < -0.4 is 5.30 Å². The molecule has 17 heavy (non-hydrogen) atoms. The normalized spacial score (nSPS) is 10.2. The summed E-state index contributed by atoms with van der Waals surface area (Å²) in [5, 5.41) is 0.487. The second-order valence-electron chi connectivity index (χ2n) is 3.76. The van der Waals surface area contributed by atoms with Crippen molar-refractivity contribution < 1.29 is 9.46 Å². The van der Waals surface area contributed by atoms with E-state index >= 15 is 0 Å². The zero-order valence-corrected chi connectivity index (χ0v) is 10.9. The van der Waals surface area contributed by atoms with E-state index in [1.54, 1.807) is 12.1 Å². The van der Waals surface area contributed by atoms with Crippen LogP contribution in [0.25, 0.3) is 0 Å². The Balaban J connectivity index is 0.000000181. The average molecular weight is 247 g/mol. The SMILES string of the molecule is Cc1ccc([P+](=O)O)cc1.Cc1ccccc1. The van der Waals surface area contributed by atoms with Gasteiger partial charge in [0.2, 0.25) is 5.30 Å². The van der Waals surface area contributed by atoms with Crippen molar-refractivity contribution >= 4 is 13.3 Å². The molecule has 0 saturated carbocycles. The van der Waals surface area contributed by atoms with Crippen LogP contribution in [0.5, 0.6) is 0 Å². The third-order valence-electron chi connectivity index (χ3n) is 2.20. The van der Waals surface area contributed by atoms with Gasteiger partial charge in [0.1, 0.15) is 0 Å². The molecule has 0 saturated heterocycles. The monoisotopic (exact) mass is 247 g/mol. The van der Waals surface area contributed by atoms with E-state index in [1.807, 2.05) is 37.3 Å². The molecule has 88 valence electrons. The lowest BCUT2D eigenvalue weighted by atomic mass is 10.2. The molecule has 0 aromatic heterocycles. The van der Waals surface area contributed by atoms with Crippen molar-refractivity contribution in [2.75, 3.05) is 0 Å². The van der Waals surface area contributed by atoms with Gasteiger partial charge in [-0.15, -0.1) is 0 Å². The van der Waals surface area contributed by atoms with Gasteiger partial charge in [-0.1, -0.05) is 53.6 Å². The Labute approximate surface area is 103 Å². The quantitative estimate of drug-likeness (QED) is 0.784. The predicted molar refractivity (Wildman–Crippen MR) is 71.8 cm³/mol. The first-order valence-electron chi connectivity index (χ1n) is 5.34. The molecule has 0 aliphatic carbocycles. The topological polar surface area (TPSA) is 37.3 Å². The van der Waals surface area contributed by atoms with Crippen molar-refractivity contribution in [2.45, 2.75) is 13.8 Å². The van der Waals surface area contributed by atoms with Crippen molar-refractivity contribution in [2.24, 2.45) is 0 Å². The molecule has 1 atom stereocenters. The van der Waals surface area contributed by atoms with Gasteiger partial charge in [0, 0.05) is 0 Å². The Hall–Kier alpha value is -1.50. The molecule has 2 rings (SSSR count). The first-order chi connectivity index (χ1) is 8.09. The van der Waals surface area contributed by atoms with E-state index in [9.17, 15) is 4.57 Å². The highest BCUT2D eigenvalue weighted by Crippen LogP contribution is 2.12. The standard InChI is InChI=1S/C7H7O2P.C7H8/c1-6-2-4-7(5-3-6)10(8)9;1-7-5-3-2-4-6-7/h2-5H,1H3;2-6H,1H3/p+1. The smallest absolute Gasteiger partial charge is 0.156 e. The number of rotatable bonds is 1. The summed E-state index contributed by atoms with van der Waals surface area (Å²) < 4.78 is 10.5. The first kappa shape index (κ1) is 13.6. The van der Waals surface area contributed by atoms with Crippen LogP contribution >= 0.6 is 8.03 Å². The molecule has 0 heterocycles. The minimum atomic E-state index is -2.16. The lowest BCUT2D eigenvalue weighted by Gasteiger charge is -1.85. The van der Waals surface area contributed by atoms with Gasteiger partial charge in [0.25, 0.3) is 0 Å². The van der Waals surface area contributed by atoms with E-state index in [2.05, 4.69) is 19.1 Å². The van der Waals surface area contributed by atoms with Gasteiger partial charge in [-0.3, -0.25) is 0 Å². The van der Waals surface area contributed by atoms with Gasteiger partial charge in [0.15, 0.2) is 0 Å². The molecule has 0 aliphatic heterocycles. The minimum absolute atomic E-state index is 0.487. The number of benzene rings is 2. The van der Waals surface area contributed by atoms with Gasteiger partial charge >= 0.3 is 8.03 Å². The molecule has 0 radical (unpaired) electrons. The van der Waals surface area contributed by atoms with Crippen LogP contribution in [-0.2, 0) is 4.57 Å². The highest BCUT2D eigenvalue weighted by atomic mass is 31.1. The van der Waals surface area contributed by atoms with E-state index < -0.39 is 8.03 Å². The summed E-state index contributed by atoms with van der Waals surface area (Å²) in [5.74, 6) is 0.